The Morgan fingerprint density at radius 1 is 1.06 bits per heavy atom. The number of carbonyl (C=O) groups is 1. The highest BCUT2D eigenvalue weighted by Gasteiger charge is 2.29. The number of aryl methyl sites for hydroxylation is 2. The summed E-state index contributed by atoms with van der Waals surface area (Å²) in [7, 11) is -2.30. The van der Waals surface area contributed by atoms with Gasteiger partial charge in [-0.2, -0.15) is 10.2 Å². The average Bonchev–Trinajstić information content (AvgIpc) is 3.70. The quantitative estimate of drug-likeness (QED) is 0.197. The fourth-order valence-corrected chi connectivity index (χ4v) is 6.99. The first-order valence-electron chi connectivity index (χ1n) is 15.8. The van der Waals surface area contributed by atoms with Gasteiger partial charge in [-0.1, -0.05) is 11.6 Å². The van der Waals surface area contributed by atoms with Crippen LogP contribution in [0.4, 0.5) is 19.0 Å². The van der Waals surface area contributed by atoms with Gasteiger partial charge < -0.3 is 5.32 Å². The molecular weight excluding hydrogens is 709 g/mol. The van der Waals surface area contributed by atoms with Crippen LogP contribution in [0.1, 0.15) is 47.4 Å². The molecule has 1 atom stereocenters. The van der Waals surface area contributed by atoms with Crippen LogP contribution in [0, 0.1) is 24.4 Å². The summed E-state index contributed by atoms with van der Waals surface area (Å²) in [6.07, 6.45) is 4.40. The third-order valence-corrected chi connectivity index (χ3v) is 9.54. The number of halogens is 4. The number of carbonyl (C=O) groups excluding carboxylic acids is 1. The Morgan fingerprint density at radius 2 is 1.78 bits per heavy atom. The van der Waals surface area contributed by atoms with E-state index in [1.807, 2.05) is 6.07 Å². The van der Waals surface area contributed by atoms with Crippen LogP contribution in [0.2, 0.25) is 5.02 Å². The molecule has 1 aliphatic rings. The number of nitrogens with one attached hydrogen (secondary N) is 2. The monoisotopic (exact) mass is 738 g/mol. The highest BCUT2D eigenvalue weighted by Crippen LogP contribution is 2.39. The highest BCUT2D eigenvalue weighted by atomic mass is 35.5. The maximum Gasteiger partial charge on any atom is 0.266 e. The second kappa shape index (κ2) is 12.8. The molecule has 1 amide bonds. The molecule has 0 unspecified atom stereocenters. The van der Waals surface area contributed by atoms with Gasteiger partial charge in [0.05, 0.1) is 50.5 Å². The van der Waals surface area contributed by atoms with Crippen molar-refractivity contribution < 1.29 is 26.4 Å². The van der Waals surface area contributed by atoms with Crippen LogP contribution in [0.5, 0.6) is 0 Å². The summed E-state index contributed by atoms with van der Waals surface area (Å²) < 4.78 is 74.6. The lowest BCUT2D eigenvalue weighted by Gasteiger charge is -2.24. The fraction of sp³-hybridized carbons (Fsp3) is 0.265. The number of sulfonamides is 1. The minimum absolute atomic E-state index is 0.00622. The van der Waals surface area contributed by atoms with Crippen LogP contribution in [-0.2, 0) is 34.8 Å². The highest BCUT2D eigenvalue weighted by molar-refractivity contribution is 7.92. The van der Waals surface area contributed by atoms with Gasteiger partial charge in [-0.15, -0.1) is 0 Å². The van der Waals surface area contributed by atoms with Crippen molar-refractivity contribution in [2.24, 2.45) is 7.05 Å². The zero-order valence-electron chi connectivity index (χ0n) is 27.4. The van der Waals surface area contributed by atoms with Crippen LogP contribution in [0.25, 0.3) is 27.5 Å². The summed E-state index contributed by atoms with van der Waals surface area (Å²) in [6.45, 7) is 1.23. The Hall–Kier alpha value is -5.22. The van der Waals surface area contributed by atoms with Gasteiger partial charge in [-0.3, -0.25) is 28.2 Å². The van der Waals surface area contributed by atoms with E-state index in [0.717, 1.165) is 43.0 Å². The molecule has 17 heteroatoms. The van der Waals surface area contributed by atoms with Crippen molar-refractivity contribution in [3.05, 3.63) is 110 Å². The Labute approximate surface area is 293 Å². The number of hydrogen-bond donors (Lipinski definition) is 2. The minimum Gasteiger partial charge on any atom is -0.344 e. The Kier molecular flexibility index (Phi) is 8.62. The normalized spacial score (nSPS) is 13.9. The molecule has 3 aromatic carbocycles. The lowest BCUT2D eigenvalue weighted by Crippen LogP contribution is -2.37. The lowest BCUT2D eigenvalue weighted by molar-refractivity contribution is -0.122. The predicted octanol–water partition coefficient (Wildman–Crippen LogP) is 5.20. The second-order valence-electron chi connectivity index (χ2n) is 12.6. The standard InChI is InChI=1S/C34H30ClF3N8O4S/c1-17-24(38)8-6-22-30(17)40-33(46(34(22)48)27-9-7-23(35)29-31(27)44(2)42-32(29)43-51(3,49)50)26(14-18-12-20(36)15-21(37)13-18)39-28(47)16-45-11-10-25(41-45)19-4-5-19/h6-13,15,19,26H,4-5,14,16H2,1-3H3,(H,39,47)(H,42,43)/t26-/m0/s1. The van der Waals surface area contributed by atoms with Gasteiger partial charge in [0.1, 0.15) is 29.8 Å². The second-order valence-corrected chi connectivity index (χ2v) is 14.8. The van der Waals surface area contributed by atoms with Crippen molar-refractivity contribution in [1.29, 1.82) is 0 Å². The molecule has 0 aliphatic heterocycles. The van der Waals surface area contributed by atoms with E-state index in [-0.39, 0.29) is 68.3 Å². The van der Waals surface area contributed by atoms with Gasteiger partial charge >= 0.3 is 0 Å². The van der Waals surface area contributed by atoms with Gasteiger partial charge in [0.25, 0.3) is 5.56 Å². The fourth-order valence-electron chi connectivity index (χ4n) is 6.25. The molecule has 264 valence electrons. The molecule has 7 rings (SSSR count). The van der Waals surface area contributed by atoms with Crippen LogP contribution in [0.3, 0.4) is 0 Å². The number of anilines is 1. The number of nitrogens with zero attached hydrogens (tertiary/aromatic N) is 6. The number of fused-ring (bicyclic) bond motifs is 2. The van der Waals surface area contributed by atoms with Crippen LogP contribution in [-0.4, -0.2) is 49.7 Å². The molecule has 2 N–H and O–H groups in total. The molecule has 6 aromatic rings. The first-order chi connectivity index (χ1) is 24.2. The summed E-state index contributed by atoms with van der Waals surface area (Å²) in [6, 6.07) is 8.85. The van der Waals surface area contributed by atoms with E-state index in [0.29, 0.717) is 12.0 Å². The molecule has 0 saturated heterocycles. The Morgan fingerprint density at radius 3 is 2.47 bits per heavy atom. The number of rotatable bonds is 10. The molecule has 1 saturated carbocycles. The van der Waals surface area contributed by atoms with Crippen molar-refractivity contribution in [3.8, 4) is 5.69 Å². The molecule has 0 spiro atoms. The van der Waals surface area contributed by atoms with Gasteiger partial charge in [0.2, 0.25) is 15.9 Å². The number of aromatic nitrogens is 6. The SMILES string of the molecule is Cc1c(F)ccc2c(=O)n(-c3ccc(Cl)c4c(NS(C)(=O)=O)nn(C)c34)c([C@H](Cc3cc(F)cc(F)c3)NC(=O)Cn3ccc(C4CC4)n3)nc12. The first-order valence-corrected chi connectivity index (χ1v) is 18.1. The van der Waals surface area contributed by atoms with Crippen molar-refractivity contribution >= 4 is 55.2 Å². The summed E-state index contributed by atoms with van der Waals surface area (Å²) in [4.78, 5) is 33.0. The molecule has 12 nitrogen and oxygen atoms in total. The summed E-state index contributed by atoms with van der Waals surface area (Å²) in [5, 5.41) is 12.0. The number of benzene rings is 3. The zero-order chi connectivity index (χ0) is 36.4. The van der Waals surface area contributed by atoms with Crippen LogP contribution in [0.15, 0.2) is 59.5 Å². The Balaban J connectivity index is 1.46. The van der Waals surface area contributed by atoms with Crippen molar-refractivity contribution in [3.63, 3.8) is 0 Å². The van der Waals surface area contributed by atoms with Crippen LogP contribution >= 0.6 is 11.6 Å². The van der Waals surface area contributed by atoms with E-state index in [9.17, 15) is 31.2 Å². The third-order valence-electron chi connectivity index (χ3n) is 8.66. The first kappa shape index (κ1) is 34.2. The average molecular weight is 739 g/mol. The summed E-state index contributed by atoms with van der Waals surface area (Å²) in [5.41, 5.74) is 0.732. The molecular formula is C34H30ClF3N8O4S. The van der Waals surface area contributed by atoms with Crippen molar-refractivity contribution in [1.82, 2.24) is 34.4 Å². The van der Waals surface area contributed by atoms with E-state index < -0.39 is 45.0 Å². The molecule has 0 bridgehead atoms. The van der Waals surface area contributed by atoms with Gasteiger partial charge in [0, 0.05) is 37.2 Å². The zero-order valence-corrected chi connectivity index (χ0v) is 29.0. The van der Waals surface area contributed by atoms with E-state index >= 15 is 0 Å². The van der Waals surface area contributed by atoms with Gasteiger partial charge in [0.15, 0.2) is 5.82 Å². The molecule has 0 radical (unpaired) electrons. The van der Waals surface area contributed by atoms with E-state index in [1.165, 1.54) is 46.1 Å². The van der Waals surface area contributed by atoms with Crippen molar-refractivity contribution in [2.75, 3.05) is 11.0 Å². The van der Waals surface area contributed by atoms with Gasteiger partial charge in [-0.25, -0.2) is 26.6 Å². The Bertz CT molecular complexity index is 2540. The number of amides is 1. The minimum atomic E-state index is -3.81. The maximum atomic E-state index is 14.9. The maximum absolute atomic E-state index is 14.9. The predicted molar refractivity (Wildman–Crippen MR) is 185 cm³/mol. The van der Waals surface area contributed by atoms with E-state index in [2.05, 4.69) is 20.2 Å². The van der Waals surface area contributed by atoms with E-state index in [1.54, 1.807) is 6.20 Å². The van der Waals surface area contributed by atoms with E-state index in [4.69, 9.17) is 16.6 Å². The van der Waals surface area contributed by atoms with Gasteiger partial charge in [-0.05, 0) is 67.8 Å². The molecule has 1 fully saturated rings. The smallest absolute Gasteiger partial charge is 0.266 e. The lowest BCUT2D eigenvalue weighted by atomic mass is 10.0. The summed E-state index contributed by atoms with van der Waals surface area (Å²) >= 11 is 6.58. The van der Waals surface area contributed by atoms with Crippen molar-refractivity contribution in [2.45, 2.75) is 44.7 Å². The number of hydrogen-bond acceptors (Lipinski definition) is 7. The molecule has 51 heavy (non-hydrogen) atoms. The topological polar surface area (TPSA) is 146 Å². The molecule has 1 aliphatic carbocycles. The summed E-state index contributed by atoms with van der Waals surface area (Å²) in [5.74, 6) is -2.77. The molecule has 3 heterocycles. The third kappa shape index (κ3) is 6.80. The van der Waals surface area contributed by atoms with Crippen LogP contribution < -0.4 is 15.6 Å². The largest absolute Gasteiger partial charge is 0.344 e. The molecule has 3 aromatic heterocycles.